The summed E-state index contributed by atoms with van der Waals surface area (Å²) in [7, 11) is 0. The number of aryl methyl sites for hydroxylation is 1. The number of nitrogens with one attached hydrogen (secondary N) is 1. The summed E-state index contributed by atoms with van der Waals surface area (Å²) in [6.07, 6.45) is 0.885. The van der Waals surface area contributed by atoms with Crippen LogP contribution in [0, 0.1) is 10.5 Å². The van der Waals surface area contributed by atoms with Crippen molar-refractivity contribution >= 4 is 38.5 Å². The monoisotopic (exact) mass is 430 g/mol. The Labute approximate surface area is 136 Å². The smallest absolute Gasteiger partial charge is 0.0511 e. The zero-order chi connectivity index (χ0) is 13.8. The largest absolute Gasteiger partial charge is 0.271 e. The van der Waals surface area contributed by atoms with Gasteiger partial charge < -0.3 is 0 Å². The molecule has 0 spiro atoms. The number of rotatable bonds is 4. The number of hydrogen-bond acceptors (Lipinski definition) is 2. The zero-order valence-electron chi connectivity index (χ0n) is 10.7. The van der Waals surface area contributed by atoms with E-state index in [4.69, 9.17) is 5.84 Å². The van der Waals surface area contributed by atoms with E-state index in [2.05, 4.69) is 87.3 Å². The Morgan fingerprint density at radius 2 is 2.00 bits per heavy atom. The van der Waals surface area contributed by atoms with Crippen molar-refractivity contribution < 1.29 is 0 Å². The molecule has 0 bridgehead atoms. The second kappa shape index (κ2) is 6.83. The Balaban J connectivity index is 2.30. The summed E-state index contributed by atoms with van der Waals surface area (Å²) >= 11 is 5.87. The van der Waals surface area contributed by atoms with Crippen LogP contribution in [-0.4, -0.2) is 0 Å². The number of halogens is 2. The molecule has 0 amide bonds. The van der Waals surface area contributed by atoms with Gasteiger partial charge in [-0.25, -0.2) is 0 Å². The predicted octanol–water partition coefficient (Wildman–Crippen LogP) is 4.11. The van der Waals surface area contributed by atoms with E-state index in [-0.39, 0.29) is 6.04 Å². The van der Waals surface area contributed by atoms with Crippen molar-refractivity contribution in [3.8, 4) is 0 Å². The normalized spacial score (nSPS) is 12.4. The highest BCUT2D eigenvalue weighted by Crippen LogP contribution is 2.27. The van der Waals surface area contributed by atoms with E-state index >= 15 is 0 Å². The minimum Gasteiger partial charge on any atom is -0.271 e. The van der Waals surface area contributed by atoms with E-state index in [1.807, 2.05) is 6.07 Å². The molecule has 19 heavy (non-hydrogen) atoms. The molecular formula is C15H16BrIN2. The third kappa shape index (κ3) is 3.78. The lowest BCUT2D eigenvalue weighted by atomic mass is 9.97. The highest BCUT2D eigenvalue weighted by Gasteiger charge is 2.15. The molecule has 1 unspecified atom stereocenters. The third-order valence-electron chi connectivity index (χ3n) is 3.22. The van der Waals surface area contributed by atoms with E-state index < -0.39 is 0 Å². The van der Waals surface area contributed by atoms with Crippen molar-refractivity contribution in [3.05, 3.63) is 67.2 Å². The standard InChI is InChI=1S/C15H16BrIN2/c1-10-4-2-3-5-11(10)8-15(19-18)13-9-12(16)6-7-14(13)17/h2-7,9,15,19H,8,18H2,1H3. The minimum absolute atomic E-state index is 0.116. The lowest BCUT2D eigenvalue weighted by Crippen LogP contribution is -2.30. The summed E-state index contributed by atoms with van der Waals surface area (Å²) in [5.41, 5.74) is 6.78. The van der Waals surface area contributed by atoms with Gasteiger partial charge in [0.1, 0.15) is 0 Å². The van der Waals surface area contributed by atoms with Crippen LogP contribution in [0.1, 0.15) is 22.7 Å². The van der Waals surface area contributed by atoms with Crippen LogP contribution in [0.25, 0.3) is 0 Å². The molecule has 0 aliphatic carbocycles. The number of nitrogens with two attached hydrogens (primary N) is 1. The van der Waals surface area contributed by atoms with Crippen LogP contribution in [0.5, 0.6) is 0 Å². The van der Waals surface area contributed by atoms with Crippen molar-refractivity contribution in [2.24, 2.45) is 5.84 Å². The molecule has 0 saturated carbocycles. The van der Waals surface area contributed by atoms with Gasteiger partial charge in [0.15, 0.2) is 0 Å². The first-order valence-corrected chi connectivity index (χ1v) is 7.94. The van der Waals surface area contributed by atoms with Crippen LogP contribution in [0.3, 0.4) is 0 Å². The molecule has 4 heteroatoms. The fourth-order valence-corrected chi connectivity index (χ4v) is 3.19. The second-order valence-electron chi connectivity index (χ2n) is 4.52. The van der Waals surface area contributed by atoms with Gasteiger partial charge in [0.05, 0.1) is 6.04 Å². The molecule has 1 atom stereocenters. The molecule has 0 fully saturated rings. The van der Waals surface area contributed by atoms with Gasteiger partial charge in [-0.2, -0.15) is 0 Å². The number of hydrogen-bond donors (Lipinski definition) is 2. The van der Waals surface area contributed by atoms with Gasteiger partial charge in [-0.05, 0) is 70.8 Å². The van der Waals surface area contributed by atoms with Crippen LogP contribution >= 0.6 is 38.5 Å². The highest BCUT2D eigenvalue weighted by atomic mass is 127. The first-order valence-electron chi connectivity index (χ1n) is 6.07. The van der Waals surface area contributed by atoms with E-state index in [1.54, 1.807) is 0 Å². The van der Waals surface area contributed by atoms with Crippen LogP contribution < -0.4 is 11.3 Å². The molecule has 2 rings (SSSR count). The summed E-state index contributed by atoms with van der Waals surface area (Å²) in [4.78, 5) is 0. The Morgan fingerprint density at radius 3 is 2.68 bits per heavy atom. The average molecular weight is 431 g/mol. The fraction of sp³-hybridized carbons (Fsp3) is 0.200. The van der Waals surface area contributed by atoms with Crippen molar-refractivity contribution in [1.29, 1.82) is 0 Å². The van der Waals surface area contributed by atoms with Gasteiger partial charge in [0.2, 0.25) is 0 Å². The minimum atomic E-state index is 0.116. The Bertz CT molecular complexity index is 572. The average Bonchev–Trinajstić information content (AvgIpc) is 2.41. The van der Waals surface area contributed by atoms with Gasteiger partial charge in [0.25, 0.3) is 0 Å². The maximum atomic E-state index is 5.75. The molecule has 2 aromatic carbocycles. The van der Waals surface area contributed by atoms with E-state index in [0.29, 0.717) is 0 Å². The SMILES string of the molecule is Cc1ccccc1CC(NN)c1cc(Br)ccc1I. The Morgan fingerprint density at radius 1 is 1.26 bits per heavy atom. The zero-order valence-corrected chi connectivity index (χ0v) is 14.4. The molecule has 0 aliphatic heterocycles. The van der Waals surface area contributed by atoms with Crippen LogP contribution in [0.2, 0.25) is 0 Å². The van der Waals surface area contributed by atoms with Gasteiger partial charge in [-0.15, -0.1) is 0 Å². The predicted molar refractivity (Wildman–Crippen MR) is 91.8 cm³/mol. The van der Waals surface area contributed by atoms with Crippen molar-refractivity contribution in [1.82, 2.24) is 5.43 Å². The van der Waals surface area contributed by atoms with E-state index in [9.17, 15) is 0 Å². The third-order valence-corrected chi connectivity index (χ3v) is 4.70. The molecule has 0 aromatic heterocycles. The van der Waals surface area contributed by atoms with Crippen molar-refractivity contribution in [3.63, 3.8) is 0 Å². The first kappa shape index (κ1) is 15.0. The van der Waals surface area contributed by atoms with Gasteiger partial charge >= 0.3 is 0 Å². The lowest BCUT2D eigenvalue weighted by Gasteiger charge is -2.19. The molecule has 0 aliphatic rings. The van der Waals surface area contributed by atoms with Crippen molar-refractivity contribution in [2.45, 2.75) is 19.4 Å². The molecule has 100 valence electrons. The molecule has 2 nitrogen and oxygen atoms in total. The first-order chi connectivity index (χ1) is 9.11. The molecule has 3 N–H and O–H groups in total. The maximum Gasteiger partial charge on any atom is 0.0511 e. The van der Waals surface area contributed by atoms with Gasteiger partial charge in [-0.1, -0.05) is 40.2 Å². The fourth-order valence-electron chi connectivity index (χ4n) is 2.10. The molecule has 0 radical (unpaired) electrons. The summed E-state index contributed by atoms with van der Waals surface area (Å²) in [6, 6.07) is 14.8. The molecular weight excluding hydrogens is 415 g/mol. The second-order valence-corrected chi connectivity index (χ2v) is 6.59. The van der Waals surface area contributed by atoms with Gasteiger partial charge in [-0.3, -0.25) is 11.3 Å². The number of hydrazine groups is 1. The van der Waals surface area contributed by atoms with Crippen LogP contribution in [0.15, 0.2) is 46.9 Å². The van der Waals surface area contributed by atoms with Crippen molar-refractivity contribution in [2.75, 3.05) is 0 Å². The van der Waals surface area contributed by atoms with Gasteiger partial charge in [0, 0.05) is 8.04 Å². The van der Waals surface area contributed by atoms with E-state index in [1.165, 1.54) is 20.3 Å². The molecule has 2 aromatic rings. The quantitative estimate of drug-likeness (QED) is 0.435. The maximum absolute atomic E-state index is 5.75. The number of benzene rings is 2. The Kier molecular flexibility index (Phi) is 5.38. The summed E-state index contributed by atoms with van der Waals surface area (Å²) in [5, 5.41) is 0. The molecule has 0 heterocycles. The summed E-state index contributed by atoms with van der Waals surface area (Å²) in [5.74, 6) is 5.75. The highest BCUT2D eigenvalue weighted by molar-refractivity contribution is 14.1. The summed E-state index contributed by atoms with van der Waals surface area (Å²) in [6.45, 7) is 2.13. The Hall–Kier alpha value is -0.430. The summed E-state index contributed by atoms with van der Waals surface area (Å²) < 4.78 is 2.30. The topological polar surface area (TPSA) is 38.0 Å². The van der Waals surface area contributed by atoms with E-state index in [0.717, 1.165) is 10.9 Å². The lowest BCUT2D eigenvalue weighted by molar-refractivity contribution is 0.548. The van der Waals surface area contributed by atoms with Crippen LogP contribution in [-0.2, 0) is 6.42 Å². The molecule has 0 saturated heterocycles. The van der Waals surface area contributed by atoms with Crippen LogP contribution in [0.4, 0.5) is 0 Å².